The van der Waals surface area contributed by atoms with Crippen LogP contribution in [0.5, 0.6) is 5.88 Å². The minimum Gasteiger partial charge on any atom is -0.476 e. The average molecular weight is 354 g/mol. The Morgan fingerprint density at radius 1 is 1.35 bits per heavy atom. The van der Waals surface area contributed by atoms with Crippen LogP contribution in [0.3, 0.4) is 0 Å². The molecule has 26 heavy (non-hydrogen) atoms. The van der Waals surface area contributed by atoms with E-state index in [-0.39, 0.29) is 5.91 Å². The van der Waals surface area contributed by atoms with Gasteiger partial charge in [0, 0.05) is 31.5 Å². The van der Waals surface area contributed by atoms with E-state index in [1.54, 1.807) is 35.3 Å². The van der Waals surface area contributed by atoms with Crippen LogP contribution in [0.25, 0.3) is 11.0 Å². The molecule has 8 nitrogen and oxygen atoms in total. The van der Waals surface area contributed by atoms with Crippen LogP contribution >= 0.6 is 0 Å². The molecule has 0 aliphatic heterocycles. The summed E-state index contributed by atoms with van der Waals surface area (Å²) < 4.78 is 7.30. The van der Waals surface area contributed by atoms with Gasteiger partial charge in [-0.1, -0.05) is 0 Å². The van der Waals surface area contributed by atoms with Gasteiger partial charge >= 0.3 is 0 Å². The van der Waals surface area contributed by atoms with Crippen molar-refractivity contribution in [2.24, 2.45) is 7.05 Å². The van der Waals surface area contributed by atoms with Gasteiger partial charge in [-0.2, -0.15) is 5.10 Å². The fraction of sp³-hybridized carbons (Fsp3) is 0.333. The third-order valence-corrected chi connectivity index (χ3v) is 3.95. The molecule has 3 rings (SSSR count). The zero-order valence-electron chi connectivity index (χ0n) is 15.4. The molecule has 3 aromatic rings. The maximum Gasteiger partial charge on any atom is 0.257 e. The first-order valence-electron chi connectivity index (χ1n) is 8.28. The van der Waals surface area contributed by atoms with Crippen molar-refractivity contribution in [3.05, 3.63) is 41.9 Å². The highest BCUT2D eigenvalue weighted by Gasteiger charge is 2.14. The highest BCUT2D eigenvalue weighted by atomic mass is 16.5. The van der Waals surface area contributed by atoms with Crippen molar-refractivity contribution >= 4 is 22.6 Å². The molecule has 3 aromatic heterocycles. The number of likely N-dealkylation sites (N-methyl/N-ethyl adjacent to an activating group) is 1. The molecular formula is C18H22N6O2. The van der Waals surface area contributed by atoms with E-state index in [1.165, 1.54) is 0 Å². The van der Waals surface area contributed by atoms with Gasteiger partial charge in [-0.05, 0) is 33.2 Å². The molecule has 3 heterocycles. The monoisotopic (exact) mass is 354 g/mol. The summed E-state index contributed by atoms with van der Waals surface area (Å²) in [7, 11) is 5.77. The average Bonchev–Trinajstić information content (AvgIpc) is 2.94. The highest BCUT2D eigenvalue weighted by molar-refractivity contribution is 6.06. The molecule has 0 aliphatic rings. The molecule has 0 saturated heterocycles. The van der Waals surface area contributed by atoms with Gasteiger partial charge in [0.15, 0.2) is 0 Å². The Hall–Kier alpha value is -3.00. The second-order valence-electron chi connectivity index (χ2n) is 6.28. The van der Waals surface area contributed by atoms with E-state index in [2.05, 4.69) is 20.4 Å². The number of nitrogens with zero attached hydrogens (tertiary/aromatic N) is 5. The first-order valence-corrected chi connectivity index (χ1v) is 8.28. The first-order chi connectivity index (χ1) is 12.4. The number of aromatic nitrogens is 4. The Morgan fingerprint density at radius 2 is 2.15 bits per heavy atom. The van der Waals surface area contributed by atoms with E-state index in [9.17, 15) is 4.79 Å². The van der Waals surface area contributed by atoms with Crippen LogP contribution in [-0.2, 0) is 7.05 Å². The molecule has 0 aromatic carbocycles. The second kappa shape index (κ2) is 7.49. The standard InChI is InChI=1S/C18H22N6O2/c1-12-14(10-16-15(21-12)11-20-24(16)4)18(25)22-13-5-6-19-17(9-13)26-8-7-23(2)3/h5-6,9-11H,7-8H2,1-4H3,(H,19,22,25). The van der Waals surface area contributed by atoms with Gasteiger partial charge < -0.3 is 15.0 Å². The number of ether oxygens (including phenoxy) is 1. The second-order valence-corrected chi connectivity index (χ2v) is 6.28. The number of fused-ring (bicyclic) bond motifs is 1. The zero-order chi connectivity index (χ0) is 18.7. The molecule has 0 spiro atoms. The summed E-state index contributed by atoms with van der Waals surface area (Å²) in [6.45, 7) is 3.12. The Labute approximate surface area is 151 Å². The molecule has 0 aliphatic carbocycles. The normalized spacial score (nSPS) is 11.1. The number of pyridine rings is 2. The van der Waals surface area contributed by atoms with Crippen molar-refractivity contribution in [1.29, 1.82) is 0 Å². The van der Waals surface area contributed by atoms with Crippen LogP contribution in [0.4, 0.5) is 5.69 Å². The zero-order valence-corrected chi connectivity index (χ0v) is 15.4. The SMILES string of the molecule is Cc1nc2cnn(C)c2cc1C(=O)Nc1ccnc(OCCN(C)C)c1. The predicted octanol–water partition coefficient (Wildman–Crippen LogP) is 1.86. The molecule has 0 bridgehead atoms. The number of hydrogen-bond donors (Lipinski definition) is 1. The lowest BCUT2D eigenvalue weighted by atomic mass is 10.1. The highest BCUT2D eigenvalue weighted by Crippen LogP contribution is 2.19. The minimum absolute atomic E-state index is 0.233. The van der Waals surface area contributed by atoms with Crippen LogP contribution in [0.2, 0.25) is 0 Å². The van der Waals surface area contributed by atoms with Crippen LogP contribution in [0.15, 0.2) is 30.6 Å². The van der Waals surface area contributed by atoms with Gasteiger partial charge in [-0.25, -0.2) is 9.97 Å². The Bertz CT molecular complexity index is 935. The number of carbonyl (C=O) groups excluding carboxylic acids is 1. The smallest absolute Gasteiger partial charge is 0.257 e. The van der Waals surface area contributed by atoms with Crippen molar-refractivity contribution in [2.75, 3.05) is 32.6 Å². The van der Waals surface area contributed by atoms with E-state index < -0.39 is 0 Å². The largest absolute Gasteiger partial charge is 0.476 e. The Balaban J connectivity index is 1.75. The minimum atomic E-state index is -0.233. The topological polar surface area (TPSA) is 85.2 Å². The van der Waals surface area contributed by atoms with Crippen LogP contribution in [0.1, 0.15) is 16.1 Å². The van der Waals surface area contributed by atoms with Gasteiger partial charge in [0.25, 0.3) is 5.91 Å². The summed E-state index contributed by atoms with van der Waals surface area (Å²) in [4.78, 5) is 23.3. The summed E-state index contributed by atoms with van der Waals surface area (Å²) in [5.41, 5.74) is 3.35. The van der Waals surface area contributed by atoms with Crippen molar-refractivity contribution < 1.29 is 9.53 Å². The molecular weight excluding hydrogens is 332 g/mol. The van der Waals surface area contributed by atoms with Crippen molar-refractivity contribution in [3.8, 4) is 5.88 Å². The Kier molecular flexibility index (Phi) is 5.13. The maximum atomic E-state index is 12.7. The van der Waals surface area contributed by atoms with Gasteiger partial charge in [0.1, 0.15) is 12.1 Å². The van der Waals surface area contributed by atoms with Crippen LogP contribution in [0, 0.1) is 6.92 Å². The molecule has 0 unspecified atom stereocenters. The number of anilines is 1. The maximum absolute atomic E-state index is 12.7. The van der Waals surface area contributed by atoms with Gasteiger partial charge in [-0.15, -0.1) is 0 Å². The van der Waals surface area contributed by atoms with Gasteiger partial charge in [0.2, 0.25) is 5.88 Å². The van der Waals surface area contributed by atoms with E-state index in [0.717, 1.165) is 17.6 Å². The molecule has 0 radical (unpaired) electrons. The molecule has 0 saturated carbocycles. The number of carbonyl (C=O) groups is 1. The number of amides is 1. The molecule has 1 amide bonds. The van der Waals surface area contributed by atoms with E-state index in [4.69, 9.17) is 4.74 Å². The quantitative estimate of drug-likeness (QED) is 0.727. The van der Waals surface area contributed by atoms with E-state index in [1.807, 2.05) is 33.0 Å². The predicted molar refractivity (Wildman–Crippen MR) is 99.5 cm³/mol. The summed E-state index contributed by atoms with van der Waals surface area (Å²) in [6.07, 6.45) is 3.29. The number of nitrogens with one attached hydrogen (secondary N) is 1. The van der Waals surface area contributed by atoms with E-state index >= 15 is 0 Å². The van der Waals surface area contributed by atoms with E-state index in [0.29, 0.717) is 29.4 Å². The summed E-state index contributed by atoms with van der Waals surface area (Å²) in [5, 5.41) is 7.04. The molecule has 0 fully saturated rings. The molecule has 0 atom stereocenters. The molecule has 8 heteroatoms. The van der Waals surface area contributed by atoms with Crippen molar-refractivity contribution in [1.82, 2.24) is 24.6 Å². The Morgan fingerprint density at radius 3 is 2.92 bits per heavy atom. The van der Waals surface area contributed by atoms with Crippen LogP contribution < -0.4 is 10.1 Å². The lowest BCUT2D eigenvalue weighted by Crippen LogP contribution is -2.19. The number of rotatable bonds is 6. The lowest BCUT2D eigenvalue weighted by molar-refractivity contribution is 0.102. The van der Waals surface area contributed by atoms with Gasteiger partial charge in [0.05, 0.1) is 23.0 Å². The molecule has 136 valence electrons. The summed E-state index contributed by atoms with van der Waals surface area (Å²) in [6, 6.07) is 5.23. The number of hydrogen-bond acceptors (Lipinski definition) is 6. The summed E-state index contributed by atoms with van der Waals surface area (Å²) in [5.74, 6) is 0.241. The van der Waals surface area contributed by atoms with Crippen molar-refractivity contribution in [3.63, 3.8) is 0 Å². The fourth-order valence-electron chi connectivity index (χ4n) is 2.50. The molecule has 1 N–H and O–H groups in total. The van der Waals surface area contributed by atoms with Crippen molar-refractivity contribution in [2.45, 2.75) is 6.92 Å². The third kappa shape index (κ3) is 3.97. The lowest BCUT2D eigenvalue weighted by Gasteiger charge is -2.11. The third-order valence-electron chi connectivity index (χ3n) is 3.95. The summed E-state index contributed by atoms with van der Waals surface area (Å²) >= 11 is 0. The first kappa shape index (κ1) is 17.8. The van der Waals surface area contributed by atoms with Gasteiger partial charge in [-0.3, -0.25) is 9.48 Å². The number of aryl methyl sites for hydroxylation is 2. The van der Waals surface area contributed by atoms with Crippen LogP contribution in [-0.4, -0.2) is 57.8 Å². The fourth-order valence-corrected chi connectivity index (χ4v) is 2.50.